The number of rotatable bonds is 1. The summed E-state index contributed by atoms with van der Waals surface area (Å²) in [7, 11) is 3.58. The average Bonchev–Trinajstić information content (AvgIpc) is 3.24. The Balaban J connectivity index is 1.60. The summed E-state index contributed by atoms with van der Waals surface area (Å²) < 4.78 is 5.79. The smallest absolute Gasteiger partial charge is 0.164 e. The standard InChI is InChI=1S/C24H16NOSi/c27-20-7-5-19(6-8-20)25-14-26-13-18-11-17-10-16-9-15-3-1-2-4-21(15)22(16)12-23(17)24(18)25/h1-10,12-13H,11,14H2. The van der Waals surface area contributed by atoms with Crippen molar-refractivity contribution in [1.29, 1.82) is 0 Å². The molecular weight excluding hydrogens is 346 g/mol. The van der Waals surface area contributed by atoms with Crippen molar-refractivity contribution in [2.45, 2.75) is 6.42 Å². The molecule has 3 radical (unpaired) electrons. The summed E-state index contributed by atoms with van der Waals surface area (Å²) in [5.41, 5.74) is 9.05. The Morgan fingerprint density at radius 1 is 0.926 bits per heavy atom. The second-order valence-electron chi connectivity index (χ2n) is 7.27. The van der Waals surface area contributed by atoms with Crippen molar-refractivity contribution in [3.8, 4) is 11.1 Å². The van der Waals surface area contributed by atoms with Crippen LogP contribution >= 0.6 is 0 Å². The maximum Gasteiger partial charge on any atom is 0.164 e. The van der Waals surface area contributed by atoms with Gasteiger partial charge in [-0.05, 0) is 51.7 Å². The van der Waals surface area contributed by atoms with Crippen molar-refractivity contribution in [2.24, 2.45) is 0 Å². The molecule has 0 atom stereocenters. The highest BCUT2D eigenvalue weighted by Gasteiger charge is 2.28. The Hall–Kier alpha value is -3.04. The zero-order valence-electron chi connectivity index (χ0n) is 14.7. The molecular formula is C24H16NOSi. The van der Waals surface area contributed by atoms with Gasteiger partial charge in [0.25, 0.3) is 0 Å². The summed E-state index contributed by atoms with van der Waals surface area (Å²) in [5, 5.41) is 3.73. The minimum atomic E-state index is 0.541. The van der Waals surface area contributed by atoms with Gasteiger partial charge in [0, 0.05) is 22.9 Å². The van der Waals surface area contributed by atoms with Gasteiger partial charge in [0.2, 0.25) is 0 Å². The summed E-state index contributed by atoms with van der Waals surface area (Å²) in [6.07, 6.45) is 5.16. The fourth-order valence-electron chi connectivity index (χ4n) is 4.42. The summed E-state index contributed by atoms with van der Waals surface area (Å²) >= 11 is 0. The molecule has 1 aliphatic heterocycles. The van der Waals surface area contributed by atoms with E-state index >= 15 is 0 Å². The molecule has 0 spiro atoms. The predicted molar refractivity (Wildman–Crippen MR) is 110 cm³/mol. The van der Waals surface area contributed by atoms with Crippen LogP contribution in [0.25, 0.3) is 22.9 Å². The monoisotopic (exact) mass is 362 g/mol. The van der Waals surface area contributed by atoms with Crippen molar-refractivity contribution >= 4 is 32.9 Å². The van der Waals surface area contributed by atoms with Crippen LogP contribution in [0.4, 0.5) is 5.69 Å². The highest BCUT2D eigenvalue weighted by molar-refractivity contribution is 6.32. The van der Waals surface area contributed by atoms with Gasteiger partial charge < -0.3 is 9.64 Å². The van der Waals surface area contributed by atoms with Crippen LogP contribution in [-0.4, -0.2) is 17.0 Å². The average molecular weight is 362 g/mol. The highest BCUT2D eigenvalue weighted by atomic mass is 28.1. The van der Waals surface area contributed by atoms with E-state index in [1.807, 2.05) is 6.26 Å². The maximum atomic E-state index is 5.79. The molecule has 1 heterocycles. The van der Waals surface area contributed by atoms with Crippen molar-refractivity contribution in [3.05, 3.63) is 94.1 Å². The minimum absolute atomic E-state index is 0.541. The largest absolute Gasteiger partial charge is 0.480 e. The SMILES string of the molecule is [Si]c1ccc(N2COC=C3Cc4cc5c(cc4=C32)-c2ccccc2C=5)cc1. The lowest BCUT2D eigenvalue weighted by Crippen LogP contribution is -2.31. The molecule has 0 unspecified atom stereocenters. The van der Waals surface area contributed by atoms with E-state index in [9.17, 15) is 0 Å². The number of hydrogen-bond acceptors (Lipinski definition) is 2. The first kappa shape index (κ1) is 15.1. The van der Waals surface area contributed by atoms with Crippen LogP contribution in [0.3, 0.4) is 0 Å². The molecule has 127 valence electrons. The van der Waals surface area contributed by atoms with Crippen molar-refractivity contribution in [3.63, 3.8) is 0 Å². The summed E-state index contributed by atoms with van der Waals surface area (Å²) in [6, 6.07) is 21.8. The first-order chi connectivity index (χ1) is 13.3. The number of benzene rings is 3. The minimum Gasteiger partial charge on any atom is -0.480 e. The van der Waals surface area contributed by atoms with Gasteiger partial charge in [-0.25, -0.2) is 0 Å². The van der Waals surface area contributed by atoms with Crippen LogP contribution in [0, 0.1) is 0 Å². The van der Waals surface area contributed by atoms with E-state index in [4.69, 9.17) is 4.74 Å². The third-order valence-corrected chi connectivity index (χ3v) is 5.99. The summed E-state index contributed by atoms with van der Waals surface area (Å²) in [6.45, 7) is 0.541. The predicted octanol–water partition coefficient (Wildman–Crippen LogP) is 2.33. The Kier molecular flexibility index (Phi) is 3.05. The van der Waals surface area contributed by atoms with Gasteiger partial charge in [0.15, 0.2) is 6.73 Å². The Bertz CT molecular complexity index is 1250. The Labute approximate surface area is 161 Å². The number of fused-ring (bicyclic) bond motifs is 5. The molecule has 6 rings (SSSR count). The van der Waals surface area contributed by atoms with E-state index in [1.165, 1.54) is 44.0 Å². The molecule has 0 aromatic heterocycles. The third-order valence-electron chi connectivity index (χ3n) is 5.66. The van der Waals surface area contributed by atoms with Crippen molar-refractivity contribution in [1.82, 2.24) is 0 Å². The zero-order chi connectivity index (χ0) is 18.0. The highest BCUT2D eigenvalue weighted by Crippen LogP contribution is 2.33. The first-order valence-corrected chi connectivity index (χ1v) is 9.66. The van der Waals surface area contributed by atoms with Crippen LogP contribution in [0.1, 0.15) is 11.1 Å². The molecule has 3 aliphatic rings. The lowest BCUT2D eigenvalue weighted by atomic mass is 10.0. The maximum absolute atomic E-state index is 5.79. The molecule has 0 bridgehead atoms. The Morgan fingerprint density at radius 2 is 1.78 bits per heavy atom. The van der Waals surface area contributed by atoms with E-state index in [-0.39, 0.29) is 0 Å². The van der Waals surface area contributed by atoms with E-state index in [0.29, 0.717) is 6.73 Å². The topological polar surface area (TPSA) is 12.5 Å². The lowest BCUT2D eigenvalue weighted by Gasteiger charge is -2.30. The first-order valence-electron chi connectivity index (χ1n) is 9.16. The normalized spacial score (nSPS) is 16.0. The molecule has 0 N–H and O–H groups in total. The van der Waals surface area contributed by atoms with Crippen LogP contribution in [-0.2, 0) is 11.2 Å². The van der Waals surface area contributed by atoms with Crippen LogP contribution in [0.15, 0.2) is 72.5 Å². The van der Waals surface area contributed by atoms with Crippen LogP contribution in [0.2, 0.25) is 0 Å². The number of hydrogen-bond donors (Lipinski definition) is 0. The fraction of sp³-hybridized carbons (Fsp3) is 0.0833. The lowest BCUT2D eigenvalue weighted by molar-refractivity contribution is 0.248. The molecule has 0 fully saturated rings. The molecule has 0 saturated heterocycles. The molecule has 3 aromatic carbocycles. The van der Waals surface area contributed by atoms with E-state index < -0.39 is 0 Å². The van der Waals surface area contributed by atoms with Gasteiger partial charge in [-0.2, -0.15) is 0 Å². The fourth-order valence-corrected chi connectivity index (χ4v) is 4.59. The van der Waals surface area contributed by atoms with Gasteiger partial charge in [0.1, 0.15) is 0 Å². The third kappa shape index (κ3) is 2.18. The van der Waals surface area contributed by atoms with Gasteiger partial charge in [-0.3, -0.25) is 0 Å². The van der Waals surface area contributed by atoms with Crippen molar-refractivity contribution in [2.75, 3.05) is 11.6 Å². The van der Waals surface area contributed by atoms with Crippen LogP contribution < -0.4 is 20.5 Å². The molecule has 3 aromatic rings. The summed E-state index contributed by atoms with van der Waals surface area (Å²) in [5.74, 6) is 0. The number of ether oxygens (including phenoxy) is 1. The number of anilines is 1. The molecule has 27 heavy (non-hydrogen) atoms. The van der Waals surface area contributed by atoms with Gasteiger partial charge in [0.05, 0.1) is 22.2 Å². The van der Waals surface area contributed by atoms with Gasteiger partial charge >= 0.3 is 0 Å². The van der Waals surface area contributed by atoms with E-state index in [2.05, 4.69) is 81.9 Å². The molecule has 2 aliphatic carbocycles. The van der Waals surface area contributed by atoms with Crippen LogP contribution in [0.5, 0.6) is 0 Å². The summed E-state index contributed by atoms with van der Waals surface area (Å²) in [4.78, 5) is 2.28. The van der Waals surface area contributed by atoms with Gasteiger partial charge in [-0.15, -0.1) is 0 Å². The quantitative estimate of drug-likeness (QED) is 0.482. The second kappa shape index (κ2) is 5.48. The molecule has 0 amide bonds. The van der Waals surface area contributed by atoms with Gasteiger partial charge in [-0.1, -0.05) is 47.7 Å². The Morgan fingerprint density at radius 3 is 2.67 bits per heavy atom. The molecule has 0 saturated carbocycles. The van der Waals surface area contributed by atoms with E-state index in [0.717, 1.165) is 17.3 Å². The van der Waals surface area contributed by atoms with Crippen molar-refractivity contribution < 1.29 is 4.74 Å². The number of nitrogens with zero attached hydrogens (tertiary/aromatic N) is 1. The zero-order valence-corrected chi connectivity index (χ0v) is 15.7. The second-order valence-corrected chi connectivity index (χ2v) is 7.84. The molecule has 2 nitrogen and oxygen atoms in total. The molecule has 3 heteroatoms. The van der Waals surface area contributed by atoms with E-state index in [1.54, 1.807) is 0 Å².